The molecule has 0 amide bonds. The zero-order valence-corrected chi connectivity index (χ0v) is 15.7. The van der Waals surface area contributed by atoms with E-state index in [0.717, 1.165) is 5.56 Å². The third-order valence-electron chi connectivity index (χ3n) is 1.77. The molecular formula is C8H8NNa2O5S2+. The largest absolute Gasteiger partial charge is 1.00 e. The molecule has 1 aromatic rings. The van der Waals surface area contributed by atoms with E-state index in [1.807, 2.05) is 0 Å². The van der Waals surface area contributed by atoms with Crippen LogP contribution in [0.25, 0.3) is 0 Å². The molecule has 0 radical (unpaired) electrons. The number of rotatable bonds is 4. The predicted molar refractivity (Wildman–Crippen MR) is 58.7 cm³/mol. The Morgan fingerprint density at radius 1 is 1.17 bits per heavy atom. The second kappa shape index (κ2) is 9.76. The molecule has 10 heteroatoms. The molecule has 1 rings (SSSR count). The Bertz CT molecular complexity index is 491. The van der Waals surface area contributed by atoms with E-state index >= 15 is 0 Å². The van der Waals surface area contributed by atoms with Gasteiger partial charge in [0.15, 0.2) is 5.75 Å². The fraction of sp³-hybridized carbons (Fsp3) is 0.250. The molecule has 0 aliphatic heterocycles. The van der Waals surface area contributed by atoms with Crippen molar-refractivity contribution in [2.45, 2.75) is 6.42 Å². The van der Waals surface area contributed by atoms with Crippen molar-refractivity contribution in [3.63, 3.8) is 0 Å². The molecule has 18 heavy (non-hydrogen) atoms. The normalized spacial score (nSPS) is 9.89. The summed E-state index contributed by atoms with van der Waals surface area (Å²) < 4.78 is 30.8. The number of non-ortho nitro benzene ring substituents is 1. The number of nitrogens with zero attached hydrogens (tertiary/aromatic N) is 1. The van der Waals surface area contributed by atoms with Crippen molar-refractivity contribution in [2.24, 2.45) is 0 Å². The van der Waals surface area contributed by atoms with Crippen molar-refractivity contribution in [1.82, 2.24) is 0 Å². The van der Waals surface area contributed by atoms with Crippen LogP contribution in [0.3, 0.4) is 0 Å². The molecule has 0 saturated heterocycles. The summed E-state index contributed by atoms with van der Waals surface area (Å²) in [5.41, 5.74) is 0.731. The van der Waals surface area contributed by atoms with Gasteiger partial charge in [-0.25, -0.2) is 4.21 Å². The average Bonchev–Trinajstić information content (AvgIpc) is 2.16. The molecule has 0 unspecified atom stereocenters. The maximum atomic E-state index is 10.3. The summed E-state index contributed by atoms with van der Waals surface area (Å²) in [5, 5.41) is 10.3. The summed E-state index contributed by atoms with van der Waals surface area (Å²) >= 11 is 0. The minimum atomic E-state index is -4.26. The van der Waals surface area contributed by atoms with Crippen LogP contribution in [-0.2, 0) is 25.8 Å². The molecule has 1 aromatic carbocycles. The summed E-state index contributed by atoms with van der Waals surface area (Å²) in [6.45, 7) is 0. The summed E-state index contributed by atoms with van der Waals surface area (Å²) in [5.74, 6) is 0.143. The summed E-state index contributed by atoms with van der Waals surface area (Å²) in [6, 6.07) is 5.75. The second-order valence-corrected chi connectivity index (χ2v) is 6.30. The van der Waals surface area contributed by atoms with Gasteiger partial charge < -0.3 is 9.11 Å². The Kier molecular flexibility index (Phi) is 11.5. The van der Waals surface area contributed by atoms with E-state index in [1.54, 1.807) is 0 Å². The van der Waals surface area contributed by atoms with Crippen LogP contribution in [0.15, 0.2) is 24.3 Å². The number of hydrogen-bond donors (Lipinski definition) is 0. The van der Waals surface area contributed by atoms with E-state index in [9.17, 15) is 23.4 Å². The Balaban J connectivity index is 0. The van der Waals surface area contributed by atoms with Gasteiger partial charge in [0.05, 0.1) is 14.0 Å². The van der Waals surface area contributed by atoms with E-state index in [0.29, 0.717) is 16.7 Å². The van der Waals surface area contributed by atoms with Crippen molar-refractivity contribution in [3.05, 3.63) is 39.9 Å². The van der Waals surface area contributed by atoms with Gasteiger partial charge in [-0.1, -0.05) is 12.1 Å². The van der Waals surface area contributed by atoms with Gasteiger partial charge >= 0.3 is 59.1 Å². The molecule has 88 valence electrons. The first kappa shape index (κ1) is 21.2. The van der Waals surface area contributed by atoms with Crippen LogP contribution in [0.1, 0.15) is 5.56 Å². The van der Waals surface area contributed by atoms with Crippen molar-refractivity contribution >= 4 is 25.1 Å². The molecule has 0 fully saturated rings. The predicted octanol–water partition coefficient (Wildman–Crippen LogP) is -5.31. The van der Waals surface area contributed by atoms with E-state index in [-0.39, 0.29) is 70.6 Å². The van der Waals surface area contributed by atoms with Crippen LogP contribution < -0.4 is 59.1 Å². The smallest absolute Gasteiger partial charge is 0.746 e. The Morgan fingerprint density at radius 2 is 1.67 bits per heavy atom. The fourth-order valence-corrected chi connectivity index (χ4v) is 2.43. The van der Waals surface area contributed by atoms with Crippen molar-refractivity contribution in [3.8, 4) is 0 Å². The molecule has 0 saturated carbocycles. The van der Waals surface area contributed by atoms with Gasteiger partial charge in [-0.3, -0.25) is 10.1 Å². The standard InChI is InChI=1S/C8H9NO5S2.2Na/c10-9(11)8-3-1-7(2-4-8)5-6-15-16(12,13)14;;/h1-4H,5-6H2,(H-,12,13,14);;/q;2*+1/p-1. The number of benzene rings is 1. The number of hydrogen-bond acceptors (Lipinski definition) is 5. The Hall–Kier alpha value is 0.910. The molecule has 0 aliphatic rings. The summed E-state index contributed by atoms with van der Waals surface area (Å²) in [7, 11) is -3.94. The minimum Gasteiger partial charge on any atom is -0.746 e. The Labute approximate surface area is 153 Å². The van der Waals surface area contributed by atoms with Gasteiger partial charge in [-0.2, -0.15) is 0 Å². The van der Waals surface area contributed by atoms with Crippen LogP contribution in [0.5, 0.6) is 0 Å². The topological polar surface area (TPSA) is 106 Å². The number of nitro benzene ring substituents is 1. The van der Waals surface area contributed by atoms with Gasteiger partial charge in [-0.15, -0.1) is 0 Å². The van der Waals surface area contributed by atoms with Crippen molar-refractivity contribution in [2.75, 3.05) is 5.75 Å². The molecule has 6 nitrogen and oxygen atoms in total. The summed E-state index contributed by atoms with van der Waals surface area (Å²) in [6.07, 6.45) is 0.379. The average molecular weight is 308 g/mol. The molecule has 0 spiro atoms. The van der Waals surface area contributed by atoms with Gasteiger partial charge in [0.2, 0.25) is 10.3 Å². The first-order valence-corrected chi connectivity index (χ1v) is 7.13. The zero-order chi connectivity index (χ0) is 12.2. The van der Waals surface area contributed by atoms with Gasteiger partial charge in [0.25, 0.3) is 5.69 Å². The van der Waals surface area contributed by atoms with E-state index in [4.69, 9.17) is 0 Å². The molecule has 0 heterocycles. The van der Waals surface area contributed by atoms with Gasteiger partial charge in [0, 0.05) is 18.6 Å². The third kappa shape index (κ3) is 8.92. The van der Waals surface area contributed by atoms with E-state index in [1.165, 1.54) is 24.3 Å². The van der Waals surface area contributed by atoms with E-state index < -0.39 is 14.0 Å². The van der Waals surface area contributed by atoms with Crippen LogP contribution in [-0.4, -0.2) is 24.0 Å². The molecule has 0 atom stereocenters. The minimum absolute atomic E-state index is 0. The first-order chi connectivity index (χ1) is 7.38. The van der Waals surface area contributed by atoms with Crippen LogP contribution in [0.2, 0.25) is 0 Å². The van der Waals surface area contributed by atoms with Crippen molar-refractivity contribution < 1.29 is 77.4 Å². The maximum absolute atomic E-state index is 10.3. The monoisotopic (exact) mass is 308 g/mol. The fourth-order valence-electron chi connectivity index (χ4n) is 1.05. The quantitative estimate of drug-likeness (QED) is 0.239. The zero-order valence-electron chi connectivity index (χ0n) is 10.0. The maximum Gasteiger partial charge on any atom is 1.00 e. The molecule has 0 aliphatic carbocycles. The Morgan fingerprint density at radius 3 is 2.06 bits per heavy atom. The molecule has 0 N–H and O–H groups in total. The van der Waals surface area contributed by atoms with Crippen LogP contribution in [0, 0.1) is 10.1 Å². The van der Waals surface area contributed by atoms with Gasteiger partial charge in [-0.05, 0) is 5.56 Å². The van der Waals surface area contributed by atoms with E-state index in [2.05, 4.69) is 0 Å². The number of aryl methyl sites for hydroxylation is 1. The molecule has 0 aromatic heterocycles. The van der Waals surface area contributed by atoms with Gasteiger partial charge in [0.1, 0.15) is 0 Å². The molecule has 0 bridgehead atoms. The number of nitro groups is 1. The van der Waals surface area contributed by atoms with Crippen LogP contribution >= 0.6 is 0 Å². The molecular weight excluding hydrogens is 300 g/mol. The van der Waals surface area contributed by atoms with Crippen molar-refractivity contribution in [1.29, 1.82) is 0 Å². The first-order valence-electron chi connectivity index (χ1n) is 4.22. The summed E-state index contributed by atoms with van der Waals surface area (Å²) in [4.78, 5) is 9.83. The van der Waals surface area contributed by atoms with Crippen LogP contribution in [0.4, 0.5) is 5.69 Å². The SMILES string of the molecule is O=[N+]([O-])c1ccc(CC[S+]=S(=O)([O-])[O-])cc1.[Na+].[Na+]. The second-order valence-electron chi connectivity index (χ2n) is 2.90. The third-order valence-corrected chi connectivity index (χ3v) is 3.79.